The van der Waals surface area contributed by atoms with Crippen LogP contribution in [0.2, 0.25) is 0 Å². The average molecular weight is 315 g/mol. The minimum Gasteiger partial charge on any atom is -0.318 e. The van der Waals surface area contributed by atoms with Gasteiger partial charge in [-0.05, 0) is 32.4 Å². The Morgan fingerprint density at radius 2 is 2.24 bits per heavy atom. The Hall–Kier alpha value is -0.960. The molecule has 1 aromatic heterocycles. The van der Waals surface area contributed by atoms with E-state index in [-0.39, 0.29) is 6.04 Å². The predicted octanol–water partition coefficient (Wildman–Crippen LogP) is 0.182. The van der Waals surface area contributed by atoms with E-state index in [9.17, 15) is 8.42 Å². The quantitative estimate of drug-likeness (QED) is 0.671. The Balaban J connectivity index is 1.81. The van der Waals surface area contributed by atoms with Gasteiger partial charge in [0.25, 0.3) is 10.2 Å². The third-order valence-electron chi connectivity index (χ3n) is 3.73. The third-order valence-corrected chi connectivity index (χ3v) is 5.40. The second kappa shape index (κ2) is 7.88. The molecule has 2 N–H and O–H groups in total. The first-order valence-corrected chi connectivity index (χ1v) is 8.96. The molecule has 0 bridgehead atoms. The lowest BCUT2D eigenvalue weighted by Gasteiger charge is -2.34. The molecule has 1 aliphatic rings. The molecule has 0 aromatic carbocycles. The van der Waals surface area contributed by atoms with Crippen molar-refractivity contribution in [2.24, 2.45) is 0 Å². The van der Waals surface area contributed by atoms with E-state index in [2.05, 4.69) is 15.1 Å². The van der Waals surface area contributed by atoms with Gasteiger partial charge in [-0.25, -0.2) is 4.72 Å². The number of nitrogens with one attached hydrogen (secondary N) is 2. The van der Waals surface area contributed by atoms with Gasteiger partial charge in [0.1, 0.15) is 0 Å². The maximum Gasteiger partial charge on any atom is 0.279 e. The first-order valence-electron chi connectivity index (χ1n) is 7.52. The van der Waals surface area contributed by atoms with Crippen LogP contribution >= 0.6 is 0 Å². The molecular weight excluding hydrogens is 290 g/mol. The summed E-state index contributed by atoms with van der Waals surface area (Å²) in [6.07, 6.45) is 7.29. The van der Waals surface area contributed by atoms with Gasteiger partial charge in [0.05, 0.1) is 0 Å². The number of aromatic nitrogens is 2. The number of hydrogen-bond acceptors (Lipinski definition) is 4. The molecule has 1 saturated heterocycles. The Bertz CT molecular complexity index is 501. The molecule has 8 heteroatoms. The van der Waals surface area contributed by atoms with Crippen molar-refractivity contribution in [2.75, 3.05) is 26.7 Å². The Morgan fingerprint density at radius 3 is 2.95 bits per heavy atom. The summed E-state index contributed by atoms with van der Waals surface area (Å²) in [5.41, 5.74) is 0. The maximum atomic E-state index is 12.4. The fourth-order valence-corrected chi connectivity index (χ4v) is 4.20. The largest absolute Gasteiger partial charge is 0.318 e. The molecular formula is C13H25N5O2S. The summed E-state index contributed by atoms with van der Waals surface area (Å²) in [6, 6.07) is 1.92. The Morgan fingerprint density at radius 1 is 1.38 bits per heavy atom. The zero-order valence-electron chi connectivity index (χ0n) is 12.5. The molecule has 0 amide bonds. The summed E-state index contributed by atoms with van der Waals surface area (Å²) in [5.74, 6) is 0. The first kappa shape index (κ1) is 16.4. The van der Waals surface area contributed by atoms with Crippen molar-refractivity contribution in [3.8, 4) is 0 Å². The zero-order chi connectivity index (χ0) is 15.1. The Kier molecular flexibility index (Phi) is 6.16. The highest BCUT2D eigenvalue weighted by atomic mass is 32.2. The Labute approximate surface area is 126 Å². The molecule has 0 aliphatic carbocycles. The van der Waals surface area contributed by atoms with Crippen LogP contribution in [-0.2, 0) is 16.8 Å². The molecule has 1 fully saturated rings. The lowest BCUT2D eigenvalue weighted by atomic mass is 10.1. The minimum absolute atomic E-state index is 0.0624. The van der Waals surface area contributed by atoms with Gasteiger partial charge >= 0.3 is 0 Å². The van der Waals surface area contributed by atoms with Crippen LogP contribution in [0, 0.1) is 0 Å². The molecule has 2 heterocycles. The van der Waals surface area contributed by atoms with Crippen LogP contribution in [0.25, 0.3) is 0 Å². The van der Waals surface area contributed by atoms with Crippen molar-refractivity contribution >= 4 is 10.2 Å². The van der Waals surface area contributed by atoms with Crippen molar-refractivity contribution in [1.82, 2.24) is 24.1 Å². The number of likely N-dealkylation sites (N-methyl/N-ethyl adjacent to an activating group) is 1. The predicted molar refractivity (Wildman–Crippen MR) is 82.0 cm³/mol. The monoisotopic (exact) mass is 315 g/mol. The van der Waals surface area contributed by atoms with E-state index in [1.165, 1.54) is 0 Å². The average Bonchev–Trinajstić information content (AvgIpc) is 2.98. The van der Waals surface area contributed by atoms with Crippen molar-refractivity contribution in [3.05, 3.63) is 18.5 Å². The highest BCUT2D eigenvalue weighted by Gasteiger charge is 2.31. The molecule has 0 spiro atoms. The van der Waals surface area contributed by atoms with Crippen LogP contribution in [0.15, 0.2) is 18.5 Å². The van der Waals surface area contributed by atoms with Crippen LogP contribution in [0.3, 0.4) is 0 Å². The van der Waals surface area contributed by atoms with E-state index in [4.69, 9.17) is 0 Å². The van der Waals surface area contributed by atoms with Crippen LogP contribution in [0.5, 0.6) is 0 Å². The smallest absolute Gasteiger partial charge is 0.279 e. The van der Waals surface area contributed by atoms with Gasteiger partial charge in [-0.2, -0.15) is 17.8 Å². The second-order valence-corrected chi connectivity index (χ2v) is 7.05. The molecule has 1 atom stereocenters. The molecule has 0 saturated carbocycles. The molecule has 21 heavy (non-hydrogen) atoms. The molecule has 7 nitrogen and oxygen atoms in total. The highest BCUT2D eigenvalue weighted by Crippen LogP contribution is 2.19. The summed E-state index contributed by atoms with van der Waals surface area (Å²) < 4.78 is 30.9. The number of piperidine rings is 1. The van der Waals surface area contributed by atoms with E-state index in [0.717, 1.165) is 32.2 Å². The summed E-state index contributed by atoms with van der Waals surface area (Å²) in [6.45, 7) is 2.47. The van der Waals surface area contributed by atoms with Crippen molar-refractivity contribution in [1.29, 1.82) is 0 Å². The first-order chi connectivity index (χ1) is 10.1. The van der Waals surface area contributed by atoms with Gasteiger partial charge in [0.15, 0.2) is 0 Å². The van der Waals surface area contributed by atoms with Gasteiger partial charge in [-0.1, -0.05) is 6.42 Å². The summed E-state index contributed by atoms with van der Waals surface area (Å²) >= 11 is 0. The van der Waals surface area contributed by atoms with Gasteiger partial charge in [-0.3, -0.25) is 4.68 Å². The van der Waals surface area contributed by atoms with Crippen molar-refractivity contribution in [2.45, 2.75) is 38.3 Å². The number of nitrogens with zero attached hydrogens (tertiary/aromatic N) is 3. The molecule has 1 aromatic rings. The molecule has 120 valence electrons. The molecule has 1 aliphatic heterocycles. The van der Waals surface area contributed by atoms with Gasteiger partial charge < -0.3 is 5.32 Å². The lowest BCUT2D eigenvalue weighted by molar-refractivity contribution is 0.246. The van der Waals surface area contributed by atoms with Crippen molar-refractivity contribution in [3.63, 3.8) is 0 Å². The zero-order valence-corrected chi connectivity index (χ0v) is 13.3. The van der Waals surface area contributed by atoms with Crippen LogP contribution in [0.1, 0.15) is 25.7 Å². The lowest BCUT2D eigenvalue weighted by Crippen LogP contribution is -2.52. The number of hydrogen-bond donors (Lipinski definition) is 2. The van der Waals surface area contributed by atoms with Gasteiger partial charge in [0, 0.05) is 44.6 Å². The van der Waals surface area contributed by atoms with E-state index in [1.807, 2.05) is 19.3 Å². The molecule has 2 rings (SSSR count). The van der Waals surface area contributed by atoms with E-state index < -0.39 is 10.2 Å². The van der Waals surface area contributed by atoms with E-state index in [1.54, 1.807) is 15.2 Å². The van der Waals surface area contributed by atoms with E-state index >= 15 is 0 Å². The number of rotatable bonds is 8. The summed E-state index contributed by atoms with van der Waals surface area (Å²) in [5, 5.41) is 7.18. The minimum atomic E-state index is -3.38. The second-order valence-electron chi connectivity index (χ2n) is 5.34. The third kappa shape index (κ3) is 4.77. The van der Waals surface area contributed by atoms with Gasteiger partial charge in [-0.15, -0.1) is 0 Å². The SMILES string of the molecule is CNCC1CCCCN1S(=O)(=O)NCCCn1cccn1. The molecule has 1 unspecified atom stereocenters. The van der Waals surface area contributed by atoms with Crippen LogP contribution < -0.4 is 10.0 Å². The standard InChI is InChI=1S/C13H25N5O2S/c1-14-12-13-6-2-3-11-18(13)21(19,20)16-8-5-10-17-9-4-7-15-17/h4,7,9,13-14,16H,2-3,5-6,8,10-12H2,1H3. The maximum absolute atomic E-state index is 12.4. The van der Waals surface area contributed by atoms with E-state index in [0.29, 0.717) is 19.6 Å². The highest BCUT2D eigenvalue weighted by molar-refractivity contribution is 7.87. The summed E-state index contributed by atoms with van der Waals surface area (Å²) in [4.78, 5) is 0. The fourth-order valence-electron chi connectivity index (χ4n) is 2.69. The van der Waals surface area contributed by atoms with Crippen LogP contribution in [0.4, 0.5) is 0 Å². The van der Waals surface area contributed by atoms with Gasteiger partial charge in [0.2, 0.25) is 0 Å². The molecule has 0 radical (unpaired) electrons. The van der Waals surface area contributed by atoms with Crippen molar-refractivity contribution < 1.29 is 8.42 Å². The normalized spacial score (nSPS) is 20.7. The van der Waals surface area contributed by atoms with Crippen LogP contribution in [-0.4, -0.2) is 55.2 Å². The number of aryl methyl sites for hydroxylation is 1. The topological polar surface area (TPSA) is 79.3 Å². The fraction of sp³-hybridized carbons (Fsp3) is 0.769. The summed E-state index contributed by atoms with van der Waals surface area (Å²) in [7, 11) is -1.52.